The molecule has 0 aliphatic carbocycles. The summed E-state index contributed by atoms with van der Waals surface area (Å²) in [7, 11) is 0. The number of hydrogen-bond donors (Lipinski definition) is 0. The van der Waals surface area contributed by atoms with E-state index in [2.05, 4.69) is 133 Å². The molecule has 0 bridgehead atoms. The van der Waals surface area contributed by atoms with Gasteiger partial charge in [-0.25, -0.2) is 15.0 Å². The molecule has 0 fully saturated rings. The molecule has 238 valence electrons. The first-order valence-corrected chi connectivity index (χ1v) is 19.3. The fraction of sp³-hybridized carbons (Fsp3) is 0. The summed E-state index contributed by atoms with van der Waals surface area (Å²) in [5, 5.41) is 7.52. The van der Waals surface area contributed by atoms with Gasteiger partial charge >= 0.3 is 0 Å². The Morgan fingerprint density at radius 1 is 0.314 bits per heavy atom. The summed E-state index contributed by atoms with van der Waals surface area (Å²) in [6.45, 7) is 0. The van der Waals surface area contributed by atoms with E-state index >= 15 is 0 Å². The highest BCUT2D eigenvalue weighted by Gasteiger charge is 2.20. The highest BCUT2D eigenvalue weighted by molar-refractivity contribution is 7.27. The van der Waals surface area contributed by atoms with Gasteiger partial charge in [-0.05, 0) is 41.5 Å². The molecule has 0 aliphatic rings. The SMILES string of the molecule is c1ccc(-c2nc(-c3cccc4c3sc3cc(-c5cccc6c5sc5ccccc56)ccc34)nc(-c3cccc4sc5ccccc5c34)n2)cc1. The molecule has 11 aromatic rings. The van der Waals surface area contributed by atoms with Crippen LogP contribution in [0.5, 0.6) is 0 Å². The average Bonchev–Trinajstić information content (AvgIpc) is 3.89. The summed E-state index contributed by atoms with van der Waals surface area (Å²) in [5.41, 5.74) is 5.52. The van der Waals surface area contributed by atoms with Gasteiger partial charge in [0.15, 0.2) is 17.5 Å². The maximum absolute atomic E-state index is 5.27. The zero-order valence-electron chi connectivity index (χ0n) is 27.0. The van der Waals surface area contributed by atoms with Gasteiger partial charge in [-0.15, -0.1) is 34.0 Å². The molecule has 0 aliphatic heterocycles. The Morgan fingerprint density at radius 3 is 1.69 bits per heavy atom. The van der Waals surface area contributed by atoms with Crippen molar-refractivity contribution in [1.82, 2.24) is 15.0 Å². The fourth-order valence-electron chi connectivity index (χ4n) is 7.41. The molecule has 7 aromatic carbocycles. The highest BCUT2D eigenvalue weighted by atomic mass is 32.1. The van der Waals surface area contributed by atoms with E-state index in [-0.39, 0.29) is 0 Å². The lowest BCUT2D eigenvalue weighted by Crippen LogP contribution is -2.00. The average molecular weight is 704 g/mol. The van der Waals surface area contributed by atoms with Gasteiger partial charge in [0.05, 0.1) is 0 Å². The summed E-state index contributed by atoms with van der Waals surface area (Å²) in [5.74, 6) is 2.04. The van der Waals surface area contributed by atoms with Crippen LogP contribution < -0.4 is 0 Å². The maximum atomic E-state index is 5.27. The first-order chi connectivity index (χ1) is 25.3. The zero-order chi connectivity index (χ0) is 33.5. The van der Waals surface area contributed by atoms with Crippen LogP contribution in [0.1, 0.15) is 0 Å². The predicted molar refractivity (Wildman–Crippen MR) is 220 cm³/mol. The van der Waals surface area contributed by atoms with Crippen LogP contribution >= 0.6 is 34.0 Å². The van der Waals surface area contributed by atoms with Crippen LogP contribution in [0.2, 0.25) is 0 Å². The van der Waals surface area contributed by atoms with Gasteiger partial charge in [0.2, 0.25) is 0 Å². The summed E-state index contributed by atoms with van der Waals surface area (Å²) >= 11 is 5.50. The topological polar surface area (TPSA) is 38.7 Å². The lowest BCUT2D eigenvalue weighted by molar-refractivity contribution is 1.08. The first kappa shape index (κ1) is 29.0. The fourth-order valence-corrected chi connectivity index (χ4v) is 11.0. The quantitative estimate of drug-likeness (QED) is 0.183. The van der Waals surface area contributed by atoms with Gasteiger partial charge in [-0.2, -0.15) is 0 Å². The summed E-state index contributed by atoms with van der Waals surface area (Å²) in [6.07, 6.45) is 0. The van der Waals surface area contributed by atoms with Crippen LogP contribution in [0.4, 0.5) is 0 Å². The smallest absolute Gasteiger partial charge is 0.165 e. The van der Waals surface area contributed by atoms with Gasteiger partial charge < -0.3 is 0 Å². The van der Waals surface area contributed by atoms with Crippen molar-refractivity contribution < 1.29 is 0 Å². The zero-order valence-corrected chi connectivity index (χ0v) is 29.4. The third-order valence-corrected chi connectivity index (χ3v) is 13.3. The third-order valence-electron chi connectivity index (χ3n) is 9.77. The minimum atomic E-state index is 0.670. The molecule has 6 heteroatoms. The largest absolute Gasteiger partial charge is 0.208 e. The number of benzene rings is 7. The second kappa shape index (κ2) is 11.4. The molecule has 0 saturated carbocycles. The van der Waals surface area contributed by atoms with E-state index in [1.54, 1.807) is 0 Å². The predicted octanol–water partition coefficient (Wildman–Crippen LogP) is 13.6. The number of fused-ring (bicyclic) bond motifs is 9. The van der Waals surface area contributed by atoms with E-state index in [1.807, 2.05) is 52.2 Å². The molecule has 0 spiro atoms. The number of aromatic nitrogens is 3. The van der Waals surface area contributed by atoms with E-state index < -0.39 is 0 Å². The second-order valence-electron chi connectivity index (χ2n) is 12.7. The van der Waals surface area contributed by atoms with Gasteiger partial charge in [-0.1, -0.05) is 121 Å². The van der Waals surface area contributed by atoms with Gasteiger partial charge in [-0.3, -0.25) is 0 Å². The molecule has 51 heavy (non-hydrogen) atoms. The van der Waals surface area contributed by atoms with E-state index in [4.69, 9.17) is 15.0 Å². The molecule has 4 aromatic heterocycles. The van der Waals surface area contributed by atoms with Gasteiger partial charge in [0.1, 0.15) is 0 Å². The molecule has 0 N–H and O–H groups in total. The molecule has 3 nitrogen and oxygen atoms in total. The number of nitrogens with zero attached hydrogens (tertiary/aromatic N) is 3. The molecular weight excluding hydrogens is 679 g/mol. The van der Waals surface area contributed by atoms with Crippen molar-refractivity contribution >= 4 is 94.5 Å². The lowest BCUT2D eigenvalue weighted by Gasteiger charge is -2.10. The Hall–Kier alpha value is -5.79. The Kier molecular flexibility index (Phi) is 6.46. The van der Waals surface area contributed by atoms with E-state index in [0.717, 1.165) is 16.7 Å². The van der Waals surface area contributed by atoms with Crippen LogP contribution in [-0.2, 0) is 0 Å². The van der Waals surface area contributed by atoms with Crippen LogP contribution in [0.15, 0.2) is 152 Å². The van der Waals surface area contributed by atoms with Crippen molar-refractivity contribution in [3.8, 4) is 45.3 Å². The Labute approximate surface area is 304 Å². The summed E-state index contributed by atoms with van der Waals surface area (Å²) < 4.78 is 7.57. The van der Waals surface area contributed by atoms with E-state index in [0.29, 0.717) is 17.5 Å². The normalized spacial score (nSPS) is 11.9. The molecular formula is C45H25N3S3. The van der Waals surface area contributed by atoms with Crippen LogP contribution in [0, 0.1) is 0 Å². The van der Waals surface area contributed by atoms with Crippen molar-refractivity contribution in [3.05, 3.63) is 152 Å². The van der Waals surface area contributed by atoms with Crippen molar-refractivity contribution in [3.63, 3.8) is 0 Å². The molecule has 4 heterocycles. The van der Waals surface area contributed by atoms with Crippen molar-refractivity contribution in [2.45, 2.75) is 0 Å². The van der Waals surface area contributed by atoms with Crippen molar-refractivity contribution in [1.29, 1.82) is 0 Å². The summed E-state index contributed by atoms with van der Waals surface area (Å²) in [6, 6.07) is 54.1. The second-order valence-corrected chi connectivity index (χ2v) is 15.9. The van der Waals surface area contributed by atoms with Crippen molar-refractivity contribution in [2.24, 2.45) is 0 Å². The highest BCUT2D eigenvalue weighted by Crippen LogP contribution is 2.45. The Morgan fingerprint density at radius 2 is 0.863 bits per heavy atom. The van der Waals surface area contributed by atoms with Crippen LogP contribution in [-0.4, -0.2) is 15.0 Å². The molecule has 0 radical (unpaired) electrons. The monoisotopic (exact) mass is 703 g/mol. The number of hydrogen-bond acceptors (Lipinski definition) is 6. The molecule has 0 amide bonds. The number of thiophene rings is 3. The molecule has 11 rings (SSSR count). The first-order valence-electron chi connectivity index (χ1n) is 16.9. The van der Waals surface area contributed by atoms with E-state index in [9.17, 15) is 0 Å². The Balaban J connectivity index is 1.12. The third kappa shape index (κ3) is 4.58. The van der Waals surface area contributed by atoms with Gasteiger partial charge in [0.25, 0.3) is 0 Å². The molecule has 0 unspecified atom stereocenters. The Bertz CT molecular complexity index is 3150. The standard InChI is InChI=1S/C45H25N3S3/c1-2-11-26(12-3-1)43-46-44(34-18-10-22-38-40(34)33-14-5-7-21-37(33)49-38)48-45(47-43)35-19-9-17-32-30-24-23-27(25-39(30)51-42(32)35)28-15-8-16-31-29-13-4-6-20-36(29)50-41(28)31/h1-25H. The molecule has 0 saturated heterocycles. The lowest BCUT2D eigenvalue weighted by atomic mass is 10.0. The van der Waals surface area contributed by atoms with Crippen LogP contribution in [0.3, 0.4) is 0 Å². The maximum Gasteiger partial charge on any atom is 0.165 e. The summed E-state index contributed by atoms with van der Waals surface area (Å²) in [4.78, 5) is 15.6. The van der Waals surface area contributed by atoms with Gasteiger partial charge in [0, 0.05) is 77.2 Å². The van der Waals surface area contributed by atoms with Crippen molar-refractivity contribution in [2.75, 3.05) is 0 Å². The van der Waals surface area contributed by atoms with E-state index in [1.165, 1.54) is 71.6 Å². The number of rotatable bonds is 4. The minimum absolute atomic E-state index is 0.670. The van der Waals surface area contributed by atoms with Crippen LogP contribution in [0.25, 0.3) is 106 Å². The molecule has 0 atom stereocenters. The minimum Gasteiger partial charge on any atom is -0.208 e.